The Kier molecular flexibility index (Phi) is 9.59. The molecule has 1 aromatic rings. The van der Waals surface area contributed by atoms with Crippen molar-refractivity contribution in [2.45, 2.75) is 0 Å². The number of H-pyrrole nitrogens is 1. The third kappa shape index (κ3) is 4.29. The van der Waals surface area contributed by atoms with Crippen molar-refractivity contribution in [3.63, 3.8) is 0 Å². The Morgan fingerprint density at radius 2 is 1.43 bits per heavy atom. The van der Waals surface area contributed by atoms with E-state index in [1.807, 2.05) is 24.5 Å². The molecule has 1 rings (SSSR count). The minimum Gasteiger partial charge on any atom is -0.368 e. The number of nitrogens with one attached hydrogen (secondary N) is 1. The van der Waals surface area contributed by atoms with Crippen molar-refractivity contribution >= 4 is 38.3 Å². The Balaban J connectivity index is 0. The van der Waals surface area contributed by atoms with Crippen LogP contribution in [0.5, 0.6) is 0 Å². The SMILES string of the molecule is Cl.[In].c1cc[nH]c1. The number of aromatic amines is 1. The molecule has 0 saturated heterocycles. The van der Waals surface area contributed by atoms with E-state index in [0.29, 0.717) is 0 Å². The summed E-state index contributed by atoms with van der Waals surface area (Å²) < 4.78 is 0. The summed E-state index contributed by atoms with van der Waals surface area (Å²) in [6.45, 7) is 0. The Morgan fingerprint density at radius 1 is 1.00 bits per heavy atom. The maximum atomic E-state index is 2.86. The first kappa shape index (κ1) is 10.4. The predicted molar refractivity (Wildman–Crippen MR) is 33.8 cm³/mol. The summed E-state index contributed by atoms with van der Waals surface area (Å²) in [5, 5.41) is 0. The maximum Gasteiger partial charge on any atom is 0.000496 e. The van der Waals surface area contributed by atoms with Crippen molar-refractivity contribution < 1.29 is 0 Å². The average molecular weight is 218 g/mol. The van der Waals surface area contributed by atoms with Gasteiger partial charge in [0.05, 0.1) is 0 Å². The summed E-state index contributed by atoms with van der Waals surface area (Å²) in [7, 11) is 0. The second-order valence-corrected chi connectivity index (χ2v) is 0.885. The Bertz CT molecular complexity index is 68.2. The van der Waals surface area contributed by atoms with Gasteiger partial charge >= 0.3 is 0 Å². The van der Waals surface area contributed by atoms with E-state index in [9.17, 15) is 0 Å². The summed E-state index contributed by atoms with van der Waals surface area (Å²) in [6, 6.07) is 3.89. The van der Waals surface area contributed by atoms with Gasteiger partial charge in [-0.2, -0.15) is 0 Å². The fourth-order valence-electron chi connectivity index (χ4n) is 0.278. The first-order valence-electron chi connectivity index (χ1n) is 1.58. The van der Waals surface area contributed by atoms with E-state index in [0.717, 1.165) is 0 Å². The van der Waals surface area contributed by atoms with Crippen molar-refractivity contribution in [3.05, 3.63) is 24.5 Å². The van der Waals surface area contributed by atoms with Crippen LogP contribution in [-0.4, -0.2) is 30.8 Å². The van der Waals surface area contributed by atoms with Crippen molar-refractivity contribution in [2.75, 3.05) is 0 Å². The molecular weight excluding hydrogens is 212 g/mol. The standard InChI is InChI=1S/C4H5N.ClH.In/c1-2-4-5-3-1;;/h1-5H;1H;. The molecular formula is C4H6ClInN. The number of aromatic nitrogens is 1. The molecule has 3 heteroatoms. The molecule has 3 radical (unpaired) electrons. The monoisotopic (exact) mass is 218 g/mol. The van der Waals surface area contributed by atoms with Crippen LogP contribution in [0.1, 0.15) is 0 Å². The van der Waals surface area contributed by atoms with Crippen LogP contribution in [-0.2, 0) is 0 Å². The second-order valence-electron chi connectivity index (χ2n) is 0.885. The molecule has 0 aliphatic carbocycles. The van der Waals surface area contributed by atoms with E-state index >= 15 is 0 Å². The molecule has 37 valence electrons. The topological polar surface area (TPSA) is 15.8 Å². The van der Waals surface area contributed by atoms with Gasteiger partial charge in [0.15, 0.2) is 0 Å². The van der Waals surface area contributed by atoms with Gasteiger partial charge in [-0.3, -0.25) is 0 Å². The van der Waals surface area contributed by atoms with Gasteiger partial charge in [0.1, 0.15) is 0 Å². The Labute approximate surface area is 67.7 Å². The maximum absolute atomic E-state index is 2.86. The van der Waals surface area contributed by atoms with E-state index in [-0.39, 0.29) is 38.3 Å². The number of halogens is 1. The second kappa shape index (κ2) is 6.44. The third-order valence-electron chi connectivity index (χ3n) is 0.496. The fourth-order valence-corrected chi connectivity index (χ4v) is 0.278. The summed E-state index contributed by atoms with van der Waals surface area (Å²) in [4.78, 5) is 2.86. The van der Waals surface area contributed by atoms with E-state index in [1.54, 1.807) is 0 Å². The Hall–Kier alpha value is 0.440. The molecule has 0 atom stereocenters. The molecule has 1 N–H and O–H groups in total. The van der Waals surface area contributed by atoms with Crippen LogP contribution in [0.4, 0.5) is 0 Å². The van der Waals surface area contributed by atoms with Crippen LogP contribution in [0.2, 0.25) is 0 Å². The van der Waals surface area contributed by atoms with Gasteiger partial charge in [0, 0.05) is 38.2 Å². The van der Waals surface area contributed by atoms with Crippen LogP contribution < -0.4 is 0 Å². The average Bonchev–Trinajstić information content (AvgIpc) is 1.76. The predicted octanol–water partition coefficient (Wildman–Crippen LogP) is 1.06. The van der Waals surface area contributed by atoms with Gasteiger partial charge in [-0.05, 0) is 12.1 Å². The first-order valence-corrected chi connectivity index (χ1v) is 1.58. The van der Waals surface area contributed by atoms with Crippen molar-refractivity contribution in [1.29, 1.82) is 0 Å². The van der Waals surface area contributed by atoms with Crippen molar-refractivity contribution in [3.8, 4) is 0 Å². The molecule has 0 bridgehead atoms. The van der Waals surface area contributed by atoms with Gasteiger partial charge in [0.25, 0.3) is 0 Å². The quantitative estimate of drug-likeness (QED) is 0.670. The van der Waals surface area contributed by atoms with Crippen molar-refractivity contribution in [1.82, 2.24) is 4.98 Å². The number of hydrogen-bond donors (Lipinski definition) is 1. The molecule has 0 aromatic carbocycles. The third-order valence-corrected chi connectivity index (χ3v) is 0.496. The summed E-state index contributed by atoms with van der Waals surface area (Å²) >= 11 is 0. The summed E-state index contributed by atoms with van der Waals surface area (Å²) in [5.41, 5.74) is 0. The van der Waals surface area contributed by atoms with Crippen LogP contribution in [0.25, 0.3) is 0 Å². The first-order chi connectivity index (χ1) is 2.50. The van der Waals surface area contributed by atoms with Crippen LogP contribution in [0, 0.1) is 0 Å². The summed E-state index contributed by atoms with van der Waals surface area (Å²) in [5.74, 6) is 0. The molecule has 7 heavy (non-hydrogen) atoms. The molecule has 0 fully saturated rings. The minimum absolute atomic E-state index is 0. The Morgan fingerprint density at radius 3 is 1.57 bits per heavy atom. The molecule has 1 aromatic heterocycles. The number of rotatable bonds is 0. The molecule has 0 amide bonds. The van der Waals surface area contributed by atoms with Crippen LogP contribution >= 0.6 is 12.4 Å². The molecule has 1 heterocycles. The van der Waals surface area contributed by atoms with E-state index in [4.69, 9.17) is 0 Å². The molecule has 1 nitrogen and oxygen atoms in total. The normalized spacial score (nSPS) is 5.71. The minimum atomic E-state index is 0. The molecule has 0 spiro atoms. The van der Waals surface area contributed by atoms with Gasteiger partial charge in [-0.1, -0.05) is 0 Å². The van der Waals surface area contributed by atoms with Crippen LogP contribution in [0.15, 0.2) is 24.5 Å². The zero-order chi connectivity index (χ0) is 3.54. The summed E-state index contributed by atoms with van der Waals surface area (Å²) in [6.07, 6.45) is 3.75. The van der Waals surface area contributed by atoms with E-state index < -0.39 is 0 Å². The smallest absolute Gasteiger partial charge is 0.000496 e. The number of hydrogen-bond acceptors (Lipinski definition) is 0. The molecule has 0 aliphatic rings. The van der Waals surface area contributed by atoms with Gasteiger partial charge in [-0.15, -0.1) is 12.4 Å². The van der Waals surface area contributed by atoms with Gasteiger partial charge in [-0.25, -0.2) is 0 Å². The molecule has 0 saturated carbocycles. The van der Waals surface area contributed by atoms with E-state index in [1.165, 1.54) is 0 Å². The zero-order valence-electron chi connectivity index (χ0n) is 3.79. The molecule has 0 unspecified atom stereocenters. The van der Waals surface area contributed by atoms with Gasteiger partial charge in [0.2, 0.25) is 0 Å². The van der Waals surface area contributed by atoms with Crippen molar-refractivity contribution in [2.24, 2.45) is 0 Å². The van der Waals surface area contributed by atoms with Crippen LogP contribution in [0.3, 0.4) is 0 Å². The largest absolute Gasteiger partial charge is 0.368 e. The molecule has 0 aliphatic heterocycles. The fraction of sp³-hybridized carbons (Fsp3) is 0. The van der Waals surface area contributed by atoms with Gasteiger partial charge < -0.3 is 4.98 Å². The zero-order valence-corrected chi connectivity index (χ0v) is 7.91. The van der Waals surface area contributed by atoms with E-state index in [2.05, 4.69) is 4.98 Å².